The monoisotopic (exact) mass is 377 g/mol. The fourth-order valence-corrected chi connectivity index (χ4v) is 2.93. The minimum atomic E-state index is -0.499. The summed E-state index contributed by atoms with van der Waals surface area (Å²) in [6.45, 7) is 1.75. The molecule has 5 heteroatoms. The molecule has 0 saturated heterocycles. The van der Waals surface area contributed by atoms with Crippen LogP contribution >= 0.6 is 0 Å². The number of carbonyl (C=O) groups excluding carboxylic acids is 2. The lowest BCUT2D eigenvalue weighted by molar-refractivity contribution is 0.0929. The standard InChI is InChI=1S/C23H20FNO3/c1-15(17-12-13-21(28-2)20(24)14-17)25-23(27)19-11-7-6-10-18(19)22(26)16-8-4-3-5-9-16/h3-15H,1-2H3,(H,25,27). The van der Waals surface area contributed by atoms with Crippen molar-refractivity contribution in [2.24, 2.45) is 0 Å². The second-order valence-electron chi connectivity index (χ2n) is 6.33. The van der Waals surface area contributed by atoms with Crippen molar-refractivity contribution in [3.63, 3.8) is 0 Å². The number of hydrogen-bond acceptors (Lipinski definition) is 3. The number of rotatable bonds is 6. The van der Waals surface area contributed by atoms with Crippen molar-refractivity contribution in [1.82, 2.24) is 5.32 Å². The largest absolute Gasteiger partial charge is 0.494 e. The van der Waals surface area contributed by atoms with E-state index in [1.807, 2.05) is 6.07 Å². The molecule has 1 unspecified atom stereocenters. The minimum absolute atomic E-state index is 0.140. The Morgan fingerprint density at radius 3 is 2.21 bits per heavy atom. The predicted octanol–water partition coefficient (Wildman–Crippen LogP) is 4.56. The van der Waals surface area contributed by atoms with Crippen LogP contribution in [-0.2, 0) is 0 Å². The van der Waals surface area contributed by atoms with Crippen molar-refractivity contribution in [3.05, 3.63) is 101 Å². The lowest BCUT2D eigenvalue weighted by atomic mass is 9.97. The highest BCUT2D eigenvalue weighted by atomic mass is 19.1. The van der Waals surface area contributed by atoms with E-state index < -0.39 is 17.8 Å². The van der Waals surface area contributed by atoms with Crippen LogP contribution in [0.2, 0.25) is 0 Å². The Bertz CT molecular complexity index is 1000. The highest BCUT2D eigenvalue weighted by molar-refractivity contribution is 6.15. The first-order valence-corrected chi connectivity index (χ1v) is 8.84. The molecule has 0 aromatic heterocycles. The third-order valence-electron chi connectivity index (χ3n) is 4.48. The molecule has 0 aliphatic heterocycles. The summed E-state index contributed by atoms with van der Waals surface area (Å²) < 4.78 is 18.9. The minimum Gasteiger partial charge on any atom is -0.494 e. The summed E-state index contributed by atoms with van der Waals surface area (Å²) in [4.78, 5) is 25.6. The zero-order valence-electron chi connectivity index (χ0n) is 15.6. The Labute approximate surface area is 163 Å². The van der Waals surface area contributed by atoms with E-state index in [1.165, 1.54) is 19.2 Å². The zero-order valence-corrected chi connectivity index (χ0v) is 15.6. The molecular weight excluding hydrogens is 357 g/mol. The number of methoxy groups -OCH3 is 1. The number of nitrogens with one attached hydrogen (secondary N) is 1. The Balaban J connectivity index is 1.83. The highest BCUT2D eigenvalue weighted by Crippen LogP contribution is 2.22. The van der Waals surface area contributed by atoms with Crippen molar-refractivity contribution < 1.29 is 18.7 Å². The van der Waals surface area contributed by atoms with Gasteiger partial charge in [-0.05, 0) is 30.7 Å². The fraction of sp³-hybridized carbons (Fsp3) is 0.130. The molecule has 0 fully saturated rings. The van der Waals surface area contributed by atoms with Crippen LogP contribution < -0.4 is 10.1 Å². The molecule has 0 spiro atoms. The van der Waals surface area contributed by atoms with Crippen LogP contribution in [0, 0.1) is 5.82 Å². The molecule has 3 rings (SSSR count). The molecule has 0 heterocycles. The molecular formula is C23H20FNO3. The molecule has 3 aromatic rings. The van der Waals surface area contributed by atoms with Gasteiger partial charge in [0.15, 0.2) is 17.3 Å². The van der Waals surface area contributed by atoms with E-state index in [9.17, 15) is 14.0 Å². The predicted molar refractivity (Wildman–Crippen MR) is 105 cm³/mol. The molecule has 142 valence electrons. The van der Waals surface area contributed by atoms with E-state index in [4.69, 9.17) is 4.74 Å². The maximum atomic E-state index is 13.9. The second-order valence-corrected chi connectivity index (χ2v) is 6.33. The van der Waals surface area contributed by atoms with Crippen molar-refractivity contribution in [3.8, 4) is 5.75 Å². The highest BCUT2D eigenvalue weighted by Gasteiger charge is 2.20. The molecule has 0 bridgehead atoms. The molecule has 0 aliphatic rings. The van der Waals surface area contributed by atoms with Crippen LogP contribution in [0.15, 0.2) is 72.8 Å². The number of benzene rings is 3. The molecule has 1 N–H and O–H groups in total. The van der Waals surface area contributed by atoms with Crippen molar-refractivity contribution in [1.29, 1.82) is 0 Å². The van der Waals surface area contributed by atoms with Gasteiger partial charge in [0.05, 0.1) is 18.7 Å². The van der Waals surface area contributed by atoms with Gasteiger partial charge in [-0.15, -0.1) is 0 Å². The summed E-state index contributed by atoms with van der Waals surface area (Å²) in [6, 6.07) is 19.5. The molecule has 0 aliphatic carbocycles. The SMILES string of the molecule is COc1ccc(C(C)NC(=O)c2ccccc2C(=O)c2ccccc2)cc1F. The molecule has 0 radical (unpaired) electrons. The summed E-state index contributed by atoms with van der Waals surface area (Å²) in [5, 5.41) is 2.83. The first-order chi connectivity index (χ1) is 13.5. The van der Waals surface area contributed by atoms with Gasteiger partial charge in [-0.2, -0.15) is 0 Å². The quantitative estimate of drug-likeness (QED) is 0.641. The number of ketones is 1. The molecule has 3 aromatic carbocycles. The van der Waals surface area contributed by atoms with Gasteiger partial charge in [-0.25, -0.2) is 4.39 Å². The van der Waals surface area contributed by atoms with E-state index >= 15 is 0 Å². The lowest BCUT2D eigenvalue weighted by Gasteiger charge is -2.16. The van der Waals surface area contributed by atoms with Crippen LogP contribution in [0.25, 0.3) is 0 Å². The van der Waals surface area contributed by atoms with E-state index in [0.717, 1.165) is 0 Å². The maximum Gasteiger partial charge on any atom is 0.252 e. The second kappa shape index (κ2) is 8.48. The average Bonchev–Trinajstić information content (AvgIpc) is 2.73. The summed E-state index contributed by atoms with van der Waals surface area (Å²) in [7, 11) is 1.39. The van der Waals surface area contributed by atoms with Gasteiger partial charge in [-0.3, -0.25) is 9.59 Å². The van der Waals surface area contributed by atoms with Crippen molar-refractivity contribution in [2.45, 2.75) is 13.0 Å². The summed E-state index contributed by atoms with van der Waals surface area (Å²) in [5.41, 5.74) is 1.70. The maximum absolute atomic E-state index is 13.9. The first-order valence-electron chi connectivity index (χ1n) is 8.84. The number of amides is 1. The third-order valence-corrected chi connectivity index (χ3v) is 4.48. The molecule has 4 nitrogen and oxygen atoms in total. The number of ether oxygens (including phenoxy) is 1. The van der Waals surface area contributed by atoms with Gasteiger partial charge in [0, 0.05) is 11.1 Å². The molecule has 1 amide bonds. The summed E-state index contributed by atoms with van der Waals surface area (Å²) >= 11 is 0. The van der Waals surface area contributed by atoms with E-state index in [1.54, 1.807) is 61.5 Å². The Hall–Kier alpha value is -3.47. The van der Waals surface area contributed by atoms with Gasteiger partial charge in [-0.1, -0.05) is 54.6 Å². The Morgan fingerprint density at radius 2 is 1.57 bits per heavy atom. The van der Waals surface area contributed by atoms with Crippen LogP contribution in [-0.4, -0.2) is 18.8 Å². The number of halogens is 1. The van der Waals surface area contributed by atoms with Gasteiger partial charge in [0.25, 0.3) is 5.91 Å². The van der Waals surface area contributed by atoms with Crippen molar-refractivity contribution in [2.75, 3.05) is 7.11 Å². The van der Waals surface area contributed by atoms with Crippen LogP contribution in [0.1, 0.15) is 44.8 Å². The van der Waals surface area contributed by atoms with E-state index in [2.05, 4.69) is 5.32 Å². The van der Waals surface area contributed by atoms with E-state index in [0.29, 0.717) is 16.7 Å². The zero-order chi connectivity index (χ0) is 20.1. The van der Waals surface area contributed by atoms with Gasteiger partial charge >= 0.3 is 0 Å². The lowest BCUT2D eigenvalue weighted by Crippen LogP contribution is -2.28. The Kier molecular flexibility index (Phi) is 5.84. The normalized spacial score (nSPS) is 11.5. The first kappa shape index (κ1) is 19.3. The smallest absolute Gasteiger partial charge is 0.252 e. The summed E-state index contributed by atoms with van der Waals surface area (Å²) in [5.74, 6) is -0.986. The topological polar surface area (TPSA) is 55.4 Å². The van der Waals surface area contributed by atoms with Crippen LogP contribution in [0.4, 0.5) is 4.39 Å². The Morgan fingerprint density at radius 1 is 0.929 bits per heavy atom. The molecule has 1 atom stereocenters. The van der Waals surface area contributed by atoms with E-state index in [-0.39, 0.29) is 17.1 Å². The van der Waals surface area contributed by atoms with Crippen LogP contribution in [0.5, 0.6) is 5.75 Å². The van der Waals surface area contributed by atoms with Gasteiger partial charge < -0.3 is 10.1 Å². The molecule has 0 saturated carbocycles. The third kappa shape index (κ3) is 4.09. The number of carbonyl (C=O) groups is 2. The van der Waals surface area contributed by atoms with Crippen LogP contribution in [0.3, 0.4) is 0 Å². The van der Waals surface area contributed by atoms with Gasteiger partial charge in [0.1, 0.15) is 0 Å². The molecule has 28 heavy (non-hydrogen) atoms. The fourth-order valence-electron chi connectivity index (χ4n) is 2.93. The van der Waals surface area contributed by atoms with Crippen molar-refractivity contribution >= 4 is 11.7 Å². The summed E-state index contributed by atoms with van der Waals surface area (Å²) in [6.07, 6.45) is 0. The van der Waals surface area contributed by atoms with Gasteiger partial charge in [0.2, 0.25) is 0 Å². The average molecular weight is 377 g/mol. The number of hydrogen-bond donors (Lipinski definition) is 1.